The van der Waals surface area contributed by atoms with Gasteiger partial charge < -0.3 is 11.1 Å². The van der Waals surface area contributed by atoms with Gasteiger partial charge in [-0.3, -0.25) is 9.69 Å². The Morgan fingerprint density at radius 1 is 1.38 bits per heavy atom. The molecule has 2 saturated heterocycles. The maximum atomic E-state index is 13.0. The van der Waals surface area contributed by atoms with Crippen LogP contribution in [0.25, 0.3) is 0 Å². The van der Waals surface area contributed by atoms with Crippen LogP contribution >= 0.6 is 0 Å². The number of nitrogens with two attached hydrogens (primary N) is 1. The number of nitrogens with one attached hydrogen (secondary N) is 1. The summed E-state index contributed by atoms with van der Waals surface area (Å²) in [7, 11) is 0. The van der Waals surface area contributed by atoms with Crippen molar-refractivity contribution in [2.24, 2.45) is 0 Å². The first-order chi connectivity index (χ1) is 10.2. The number of anilines is 1. The molecule has 3 N–H and O–H groups in total. The van der Waals surface area contributed by atoms with Crippen molar-refractivity contribution in [2.75, 3.05) is 25.4 Å². The largest absolute Gasteiger partial charge is 0.383 e. The number of carbonyl (C=O) groups excluding carboxylic acids is 1. The van der Waals surface area contributed by atoms with Crippen LogP contribution in [-0.4, -0.2) is 47.4 Å². The molecule has 1 aromatic rings. The van der Waals surface area contributed by atoms with Gasteiger partial charge in [0.2, 0.25) is 0 Å². The van der Waals surface area contributed by atoms with Crippen molar-refractivity contribution in [3.63, 3.8) is 0 Å². The summed E-state index contributed by atoms with van der Waals surface area (Å²) in [6.45, 7) is 5.07. The molecule has 5 nitrogen and oxygen atoms in total. The molecule has 1 unspecified atom stereocenters. The molecule has 0 spiro atoms. The minimum Gasteiger partial charge on any atom is -0.383 e. The standard InChI is InChI=1S/C16H24N4O/c1-11-4-9-19-16(17)14(11)15(21)13-3-2-10-20(13)12-5-7-18-8-6-12/h4,9,12-13,18H,2-3,5-8,10H2,1H3,(H2,17,19). The van der Waals surface area contributed by atoms with Gasteiger partial charge in [0.15, 0.2) is 5.78 Å². The van der Waals surface area contributed by atoms with E-state index < -0.39 is 0 Å². The molecule has 5 heteroatoms. The van der Waals surface area contributed by atoms with Crippen molar-refractivity contribution in [3.05, 3.63) is 23.4 Å². The summed E-state index contributed by atoms with van der Waals surface area (Å²) in [4.78, 5) is 19.5. The van der Waals surface area contributed by atoms with Crippen molar-refractivity contribution < 1.29 is 4.79 Å². The van der Waals surface area contributed by atoms with Crippen molar-refractivity contribution in [1.29, 1.82) is 0 Å². The molecule has 2 aliphatic rings. The van der Waals surface area contributed by atoms with Crippen LogP contribution in [0.4, 0.5) is 5.82 Å². The third-order valence-corrected chi connectivity index (χ3v) is 4.81. The molecule has 1 atom stereocenters. The van der Waals surface area contributed by atoms with E-state index in [-0.39, 0.29) is 11.8 Å². The summed E-state index contributed by atoms with van der Waals surface area (Å²) in [5.41, 5.74) is 7.52. The molecule has 0 aromatic carbocycles. The number of nitrogens with zero attached hydrogens (tertiary/aromatic N) is 2. The van der Waals surface area contributed by atoms with Crippen LogP contribution in [0.5, 0.6) is 0 Å². The van der Waals surface area contributed by atoms with Gasteiger partial charge in [0.25, 0.3) is 0 Å². The van der Waals surface area contributed by atoms with Gasteiger partial charge in [0.05, 0.1) is 11.6 Å². The van der Waals surface area contributed by atoms with E-state index in [1.54, 1.807) is 6.20 Å². The van der Waals surface area contributed by atoms with Gasteiger partial charge in [-0.2, -0.15) is 0 Å². The predicted molar refractivity (Wildman–Crippen MR) is 83.3 cm³/mol. The van der Waals surface area contributed by atoms with Crippen LogP contribution in [0.3, 0.4) is 0 Å². The lowest BCUT2D eigenvalue weighted by molar-refractivity contribution is 0.0783. The van der Waals surface area contributed by atoms with E-state index >= 15 is 0 Å². The summed E-state index contributed by atoms with van der Waals surface area (Å²) in [6.07, 6.45) is 5.97. The second-order valence-electron chi connectivity index (χ2n) is 6.13. The van der Waals surface area contributed by atoms with E-state index in [0.717, 1.165) is 50.9 Å². The number of hydrogen-bond acceptors (Lipinski definition) is 5. The van der Waals surface area contributed by atoms with Crippen LogP contribution in [0.2, 0.25) is 0 Å². The summed E-state index contributed by atoms with van der Waals surface area (Å²) in [6, 6.07) is 2.38. The molecule has 114 valence electrons. The number of pyridine rings is 1. The number of nitrogen functional groups attached to an aromatic ring is 1. The Labute approximate surface area is 125 Å². The van der Waals surface area contributed by atoms with E-state index in [2.05, 4.69) is 15.2 Å². The van der Waals surface area contributed by atoms with Crippen LogP contribution in [-0.2, 0) is 0 Å². The first-order valence-electron chi connectivity index (χ1n) is 7.90. The van der Waals surface area contributed by atoms with Gasteiger partial charge in [-0.05, 0) is 63.9 Å². The van der Waals surface area contributed by atoms with E-state index in [9.17, 15) is 4.79 Å². The van der Waals surface area contributed by atoms with Crippen LogP contribution in [0, 0.1) is 6.92 Å². The maximum Gasteiger partial charge on any atom is 0.183 e. The van der Waals surface area contributed by atoms with Crippen LogP contribution in [0.1, 0.15) is 41.6 Å². The number of hydrogen-bond donors (Lipinski definition) is 2. The topological polar surface area (TPSA) is 71.2 Å². The molecular weight excluding hydrogens is 264 g/mol. The molecule has 21 heavy (non-hydrogen) atoms. The Balaban J connectivity index is 1.83. The number of Topliss-reactive ketones (excluding diaryl/α,β-unsaturated/α-hetero) is 1. The normalized spacial score (nSPS) is 24.3. The van der Waals surface area contributed by atoms with Gasteiger partial charge >= 0.3 is 0 Å². The fourth-order valence-corrected chi connectivity index (χ4v) is 3.71. The third kappa shape index (κ3) is 2.80. The minimum atomic E-state index is -0.0155. The summed E-state index contributed by atoms with van der Waals surface area (Å²) < 4.78 is 0. The number of carbonyl (C=O) groups is 1. The SMILES string of the molecule is Cc1ccnc(N)c1C(=O)C1CCCN1C1CCNCC1. The van der Waals surface area contributed by atoms with Gasteiger partial charge in [0, 0.05) is 12.2 Å². The fraction of sp³-hybridized carbons (Fsp3) is 0.625. The van der Waals surface area contributed by atoms with Gasteiger partial charge in [-0.25, -0.2) is 4.98 Å². The molecule has 1 aromatic heterocycles. The molecule has 3 rings (SSSR count). The van der Waals surface area contributed by atoms with Gasteiger partial charge in [-0.15, -0.1) is 0 Å². The predicted octanol–water partition coefficient (Wildman–Crippen LogP) is 1.37. The highest BCUT2D eigenvalue weighted by Gasteiger charge is 2.37. The Morgan fingerprint density at radius 3 is 2.86 bits per heavy atom. The quantitative estimate of drug-likeness (QED) is 0.822. The number of aryl methyl sites for hydroxylation is 1. The molecule has 0 saturated carbocycles. The smallest absolute Gasteiger partial charge is 0.183 e. The zero-order valence-corrected chi connectivity index (χ0v) is 12.6. The summed E-state index contributed by atoms with van der Waals surface area (Å²) >= 11 is 0. The zero-order chi connectivity index (χ0) is 14.8. The highest BCUT2D eigenvalue weighted by molar-refractivity contribution is 6.04. The van der Waals surface area contributed by atoms with Crippen molar-refractivity contribution in [3.8, 4) is 0 Å². The number of aromatic nitrogens is 1. The number of likely N-dealkylation sites (tertiary alicyclic amines) is 1. The molecule has 0 amide bonds. The molecule has 3 heterocycles. The van der Waals surface area contributed by atoms with Gasteiger partial charge in [-0.1, -0.05) is 0 Å². The maximum absolute atomic E-state index is 13.0. The second kappa shape index (κ2) is 6.12. The van der Waals surface area contributed by atoms with Crippen LogP contribution < -0.4 is 11.1 Å². The number of rotatable bonds is 3. The van der Waals surface area contributed by atoms with E-state index in [1.165, 1.54) is 0 Å². The first kappa shape index (κ1) is 14.5. The highest BCUT2D eigenvalue weighted by Crippen LogP contribution is 2.28. The molecule has 0 radical (unpaired) electrons. The van der Waals surface area contributed by atoms with Crippen LogP contribution in [0.15, 0.2) is 12.3 Å². The Morgan fingerprint density at radius 2 is 2.14 bits per heavy atom. The third-order valence-electron chi connectivity index (χ3n) is 4.81. The van der Waals surface area contributed by atoms with E-state index in [0.29, 0.717) is 17.4 Å². The number of ketones is 1. The zero-order valence-electron chi connectivity index (χ0n) is 12.6. The highest BCUT2D eigenvalue weighted by atomic mass is 16.1. The van der Waals surface area contributed by atoms with Crippen molar-refractivity contribution in [1.82, 2.24) is 15.2 Å². The molecule has 0 aliphatic carbocycles. The number of piperidine rings is 1. The van der Waals surface area contributed by atoms with E-state index in [1.807, 2.05) is 13.0 Å². The average molecular weight is 288 g/mol. The van der Waals surface area contributed by atoms with Gasteiger partial charge in [0.1, 0.15) is 5.82 Å². The minimum absolute atomic E-state index is 0.0155. The average Bonchev–Trinajstić information content (AvgIpc) is 2.97. The van der Waals surface area contributed by atoms with Crippen molar-refractivity contribution >= 4 is 11.6 Å². The summed E-state index contributed by atoms with van der Waals surface area (Å²) in [5.74, 6) is 0.534. The Kier molecular flexibility index (Phi) is 4.22. The molecular formula is C16H24N4O. The second-order valence-corrected chi connectivity index (χ2v) is 6.13. The lowest BCUT2D eigenvalue weighted by atomic mass is 9.96. The lowest BCUT2D eigenvalue weighted by Gasteiger charge is -2.35. The molecule has 2 aliphatic heterocycles. The van der Waals surface area contributed by atoms with Crippen molar-refractivity contribution in [2.45, 2.75) is 44.7 Å². The lowest BCUT2D eigenvalue weighted by Crippen LogP contribution is -2.48. The molecule has 0 bridgehead atoms. The summed E-state index contributed by atoms with van der Waals surface area (Å²) in [5, 5.41) is 3.39. The van der Waals surface area contributed by atoms with E-state index in [4.69, 9.17) is 5.73 Å². The Hall–Kier alpha value is -1.46. The Bertz CT molecular complexity index is 505. The fourth-order valence-electron chi connectivity index (χ4n) is 3.71. The monoisotopic (exact) mass is 288 g/mol. The first-order valence-corrected chi connectivity index (χ1v) is 7.90. The molecule has 2 fully saturated rings.